The van der Waals surface area contributed by atoms with Crippen molar-refractivity contribution in [2.45, 2.75) is 133 Å². The second-order valence-corrected chi connectivity index (χ2v) is 16.6. The van der Waals surface area contributed by atoms with Crippen LogP contribution in [0, 0.1) is 11.8 Å². The molecular formula is C38H44O10. The molecule has 10 heteroatoms. The summed E-state index contributed by atoms with van der Waals surface area (Å²) in [5.41, 5.74) is -4.00. The number of benzene rings is 1. The van der Waals surface area contributed by atoms with E-state index in [9.17, 15) is 24.6 Å². The van der Waals surface area contributed by atoms with Crippen molar-refractivity contribution < 1.29 is 48.3 Å². The number of carboxylic acid groups (broad SMARTS) is 1. The number of ketones is 2. The van der Waals surface area contributed by atoms with Crippen LogP contribution in [0.5, 0.6) is 17.2 Å². The highest BCUT2D eigenvalue weighted by Crippen LogP contribution is 2.69. The maximum atomic E-state index is 14.8. The van der Waals surface area contributed by atoms with Crippen LogP contribution in [0.15, 0.2) is 29.4 Å². The minimum absolute atomic E-state index is 0.0358. The maximum absolute atomic E-state index is 14.8. The number of carbonyl (C=O) groups excluding carboxylic acids is 2. The van der Waals surface area contributed by atoms with Gasteiger partial charge in [0.2, 0.25) is 0 Å². The van der Waals surface area contributed by atoms with Gasteiger partial charge in [-0.3, -0.25) is 9.59 Å². The lowest BCUT2D eigenvalue weighted by Gasteiger charge is -2.56. The zero-order valence-corrected chi connectivity index (χ0v) is 28.8. The van der Waals surface area contributed by atoms with E-state index in [1.54, 1.807) is 6.08 Å². The third-order valence-corrected chi connectivity index (χ3v) is 12.2. The molecule has 1 aromatic rings. The van der Waals surface area contributed by atoms with E-state index < -0.39 is 51.6 Å². The van der Waals surface area contributed by atoms with Crippen molar-refractivity contribution in [1.82, 2.24) is 0 Å². The fraction of sp³-hybridized carbons (Fsp3) is 0.605. The lowest BCUT2D eigenvalue weighted by molar-refractivity contribution is -0.171. The van der Waals surface area contributed by atoms with Crippen molar-refractivity contribution >= 4 is 23.6 Å². The number of carboxylic acids is 1. The van der Waals surface area contributed by atoms with E-state index in [4.69, 9.17) is 23.7 Å². The number of hydrogen-bond donors (Lipinski definition) is 2. The second kappa shape index (κ2) is 9.40. The molecule has 8 aliphatic rings. The summed E-state index contributed by atoms with van der Waals surface area (Å²) in [6, 6.07) is 0. The van der Waals surface area contributed by atoms with Gasteiger partial charge >= 0.3 is 5.97 Å². The second-order valence-electron chi connectivity index (χ2n) is 16.6. The summed E-state index contributed by atoms with van der Waals surface area (Å²) in [5, 5.41) is 21.5. The normalized spacial score (nSPS) is 38.3. The number of hydrogen-bond acceptors (Lipinski definition) is 9. The predicted octanol–water partition coefficient (Wildman–Crippen LogP) is 5.66. The number of carbonyl (C=O) groups is 3. The average Bonchev–Trinajstić information content (AvgIpc) is 3.82. The molecular weight excluding hydrogens is 616 g/mol. The van der Waals surface area contributed by atoms with E-state index >= 15 is 0 Å². The predicted molar refractivity (Wildman–Crippen MR) is 173 cm³/mol. The molecule has 1 spiro atoms. The number of ether oxygens (including phenoxy) is 5. The molecule has 2 N–H and O–H groups in total. The largest absolute Gasteiger partial charge is 0.506 e. The number of fused-ring (bicyclic) bond motifs is 2. The Kier molecular flexibility index (Phi) is 6.22. The smallest absolute Gasteiger partial charge is 0.330 e. The highest BCUT2D eigenvalue weighted by molar-refractivity contribution is 6.19. The quantitative estimate of drug-likeness (QED) is 0.265. The molecule has 1 aromatic carbocycles. The standard InChI is InChI=1S/C38H44O10/c1-18(32(42)43)9-14-37-31(41)19-15-22-28(40)26-27(39)20-10-12-36(8,13-11-24-34(4,5)44-24)46-29(20)21(17-25-35(6,7)45-25)30(26)47-38(22,37)23(16-19)33(2,3)48-37/h9-10,12,15,19,23-25,39H,11,13-14,16-17H2,1-8H3,(H,42,43)/b18-9-/t19-,23+,24?,25?,36+,37+,38-/m1/s1. The Labute approximate surface area is 280 Å². The topological polar surface area (TPSA) is 144 Å². The molecule has 4 bridgehead atoms. The molecule has 256 valence electrons. The SMILES string of the molecule is C/C(=C/C[C@@]12OC(C)(C)[C@@H]3C[C@@H](C=C4C(=O)c5c(O)c6c(c(CC7OC7(C)C)c5O[C@]431)O[C@](C)(CCC1OC1(C)C)C=C6)C2=O)C(=O)O. The molecule has 2 unspecified atom stereocenters. The summed E-state index contributed by atoms with van der Waals surface area (Å²) in [7, 11) is 0. The van der Waals surface area contributed by atoms with E-state index in [1.807, 2.05) is 46.8 Å². The summed E-state index contributed by atoms with van der Waals surface area (Å²) >= 11 is 0. The fourth-order valence-corrected chi connectivity index (χ4v) is 9.18. The van der Waals surface area contributed by atoms with E-state index in [-0.39, 0.29) is 58.2 Å². The highest BCUT2D eigenvalue weighted by Gasteiger charge is 2.81. The fourth-order valence-electron chi connectivity index (χ4n) is 9.18. The Morgan fingerprint density at radius 2 is 1.65 bits per heavy atom. The molecule has 10 nitrogen and oxygen atoms in total. The minimum atomic E-state index is -1.65. The van der Waals surface area contributed by atoms with Crippen molar-refractivity contribution in [3.05, 3.63) is 46.1 Å². The third kappa shape index (κ3) is 4.11. The number of allylic oxidation sites excluding steroid dienone is 1. The van der Waals surface area contributed by atoms with Crippen LogP contribution >= 0.6 is 0 Å². The average molecular weight is 661 g/mol. The van der Waals surface area contributed by atoms with Crippen molar-refractivity contribution in [2.24, 2.45) is 11.8 Å². The van der Waals surface area contributed by atoms with E-state index in [1.165, 1.54) is 13.0 Å². The van der Waals surface area contributed by atoms with Crippen molar-refractivity contribution in [2.75, 3.05) is 0 Å². The van der Waals surface area contributed by atoms with E-state index in [2.05, 4.69) is 13.8 Å². The number of epoxide rings is 2. The molecule has 1 saturated carbocycles. The Morgan fingerprint density at radius 3 is 2.27 bits per heavy atom. The van der Waals surface area contributed by atoms with Crippen molar-refractivity contribution in [3.8, 4) is 17.2 Å². The molecule has 5 aliphatic heterocycles. The third-order valence-electron chi connectivity index (χ3n) is 12.2. The van der Waals surface area contributed by atoms with E-state index in [0.29, 0.717) is 36.1 Å². The Morgan fingerprint density at radius 1 is 0.979 bits per heavy atom. The Hall–Kier alpha value is -3.47. The van der Waals surface area contributed by atoms with Gasteiger partial charge in [-0.1, -0.05) is 12.2 Å². The first-order chi connectivity index (χ1) is 22.3. The van der Waals surface area contributed by atoms with Gasteiger partial charge in [-0.05, 0) is 86.8 Å². The Bertz CT molecular complexity index is 1810. The molecule has 4 fully saturated rings. The number of phenols is 1. The van der Waals surface area contributed by atoms with Gasteiger partial charge in [0.1, 0.15) is 28.4 Å². The number of rotatable bonds is 8. The van der Waals surface area contributed by atoms with Crippen LogP contribution in [0.4, 0.5) is 0 Å². The molecule has 0 aromatic heterocycles. The first-order valence-corrected chi connectivity index (χ1v) is 17.0. The summed E-state index contributed by atoms with van der Waals surface area (Å²) in [5.74, 6) is -2.41. The van der Waals surface area contributed by atoms with Crippen LogP contribution in [0.3, 0.4) is 0 Å². The number of Topliss-reactive ketones (excluding diaryl/α,β-unsaturated/α-hetero) is 2. The van der Waals surface area contributed by atoms with Crippen molar-refractivity contribution in [1.29, 1.82) is 0 Å². The number of aromatic hydroxyl groups is 1. The summed E-state index contributed by atoms with van der Waals surface area (Å²) in [6.07, 6.45) is 8.99. The molecule has 3 saturated heterocycles. The summed E-state index contributed by atoms with van der Waals surface area (Å²) < 4.78 is 32.6. The van der Waals surface area contributed by atoms with Crippen LogP contribution in [0.25, 0.3) is 6.08 Å². The number of phenolic OH excluding ortho intramolecular Hbond substituents is 1. The van der Waals surface area contributed by atoms with Crippen LogP contribution < -0.4 is 9.47 Å². The highest BCUT2D eigenvalue weighted by atomic mass is 16.6. The maximum Gasteiger partial charge on any atom is 0.330 e. The first kappa shape index (κ1) is 31.8. The van der Waals surface area contributed by atoms with E-state index in [0.717, 1.165) is 6.42 Å². The van der Waals surface area contributed by atoms with Gasteiger partial charge in [-0.25, -0.2) is 4.79 Å². The van der Waals surface area contributed by atoms with Gasteiger partial charge in [-0.15, -0.1) is 0 Å². The lowest BCUT2D eigenvalue weighted by Crippen LogP contribution is -2.72. The monoisotopic (exact) mass is 660 g/mol. The van der Waals surface area contributed by atoms with Gasteiger partial charge in [0.15, 0.2) is 22.8 Å². The first-order valence-electron chi connectivity index (χ1n) is 17.0. The Balaban J connectivity index is 1.31. The summed E-state index contributed by atoms with van der Waals surface area (Å²) in [4.78, 5) is 41.0. The van der Waals surface area contributed by atoms with Gasteiger partial charge in [0.05, 0.1) is 34.6 Å². The van der Waals surface area contributed by atoms with Gasteiger partial charge in [0.25, 0.3) is 0 Å². The van der Waals surface area contributed by atoms with Crippen molar-refractivity contribution in [3.63, 3.8) is 0 Å². The molecule has 0 amide bonds. The molecule has 48 heavy (non-hydrogen) atoms. The zero-order chi connectivity index (χ0) is 34.6. The van der Waals surface area contributed by atoms with Crippen LogP contribution in [0.1, 0.15) is 103 Å². The number of aliphatic carboxylic acids is 1. The summed E-state index contributed by atoms with van der Waals surface area (Å²) in [6.45, 7) is 15.4. The zero-order valence-electron chi connectivity index (χ0n) is 28.8. The molecule has 7 atom stereocenters. The van der Waals surface area contributed by atoms with Gasteiger partial charge in [-0.2, -0.15) is 0 Å². The molecule has 5 heterocycles. The van der Waals surface area contributed by atoms with Gasteiger partial charge in [0, 0.05) is 41.4 Å². The minimum Gasteiger partial charge on any atom is -0.506 e. The molecule has 9 rings (SSSR count). The van der Waals surface area contributed by atoms with Crippen LogP contribution in [-0.2, 0) is 30.2 Å². The molecule has 0 radical (unpaired) electrons. The van der Waals surface area contributed by atoms with Crippen LogP contribution in [0.2, 0.25) is 0 Å². The lowest BCUT2D eigenvalue weighted by atomic mass is 9.51. The molecule has 3 aliphatic carbocycles. The van der Waals surface area contributed by atoms with Crippen LogP contribution in [-0.4, -0.2) is 73.6 Å². The van der Waals surface area contributed by atoms with Gasteiger partial charge < -0.3 is 33.9 Å².